The smallest absolute Gasteiger partial charge is 0.326 e. The summed E-state index contributed by atoms with van der Waals surface area (Å²) in [6.07, 6.45) is 9.98. The Hall–Kier alpha value is -1.94. The maximum absolute atomic E-state index is 11.4. The fourth-order valence-corrected chi connectivity index (χ4v) is 1.38. The largest absolute Gasteiger partial charge is 0.337 e. The SMILES string of the molecule is O=C=NCCCCCCNC(=O)n1ccnc1. The monoisotopic (exact) mass is 236 g/mol. The predicted octanol–water partition coefficient (Wildman–Crippen LogP) is 1.34. The molecule has 0 radical (unpaired) electrons. The minimum Gasteiger partial charge on any atom is -0.337 e. The van der Waals surface area contributed by atoms with Crippen molar-refractivity contribution in [2.24, 2.45) is 4.99 Å². The van der Waals surface area contributed by atoms with Crippen molar-refractivity contribution in [2.75, 3.05) is 13.1 Å². The highest BCUT2D eigenvalue weighted by atomic mass is 16.2. The maximum atomic E-state index is 11.4. The first kappa shape index (κ1) is 13.1. The molecule has 1 N–H and O–H groups in total. The Morgan fingerprint density at radius 1 is 1.35 bits per heavy atom. The number of amides is 1. The zero-order chi connectivity index (χ0) is 12.3. The van der Waals surface area contributed by atoms with Crippen LogP contribution in [0, 0.1) is 0 Å². The van der Waals surface area contributed by atoms with Crippen LogP contribution in [-0.4, -0.2) is 34.8 Å². The summed E-state index contributed by atoms with van der Waals surface area (Å²) in [5.41, 5.74) is 0. The summed E-state index contributed by atoms with van der Waals surface area (Å²) in [7, 11) is 0. The lowest BCUT2D eigenvalue weighted by atomic mass is 10.2. The van der Waals surface area contributed by atoms with Gasteiger partial charge in [-0.2, -0.15) is 0 Å². The summed E-state index contributed by atoms with van der Waals surface area (Å²) in [5, 5.41) is 2.79. The number of carbonyl (C=O) groups excluding carboxylic acids is 2. The first-order valence-electron chi connectivity index (χ1n) is 5.64. The lowest BCUT2D eigenvalue weighted by Gasteiger charge is -2.04. The van der Waals surface area contributed by atoms with Gasteiger partial charge >= 0.3 is 6.03 Å². The predicted molar refractivity (Wildman–Crippen MR) is 62.5 cm³/mol. The Labute approximate surface area is 99.8 Å². The molecule has 6 heteroatoms. The second kappa shape index (κ2) is 8.24. The van der Waals surface area contributed by atoms with Crippen molar-refractivity contribution < 1.29 is 9.59 Å². The molecule has 0 aliphatic carbocycles. The highest BCUT2D eigenvalue weighted by molar-refractivity contribution is 5.76. The fraction of sp³-hybridized carbons (Fsp3) is 0.545. The normalized spacial score (nSPS) is 9.65. The van der Waals surface area contributed by atoms with E-state index in [1.807, 2.05) is 0 Å². The summed E-state index contributed by atoms with van der Waals surface area (Å²) >= 11 is 0. The van der Waals surface area contributed by atoms with Crippen molar-refractivity contribution in [3.05, 3.63) is 18.7 Å². The zero-order valence-electron chi connectivity index (χ0n) is 9.63. The van der Waals surface area contributed by atoms with E-state index < -0.39 is 0 Å². The van der Waals surface area contributed by atoms with Gasteiger partial charge < -0.3 is 5.32 Å². The molecule has 1 rings (SSSR count). The molecule has 0 aliphatic rings. The van der Waals surface area contributed by atoms with Crippen molar-refractivity contribution in [2.45, 2.75) is 25.7 Å². The number of aliphatic imine (C=N–C) groups is 1. The van der Waals surface area contributed by atoms with Crippen LogP contribution in [-0.2, 0) is 4.79 Å². The molecule has 0 aromatic carbocycles. The number of hydrogen-bond acceptors (Lipinski definition) is 4. The number of nitrogens with one attached hydrogen (secondary N) is 1. The summed E-state index contributed by atoms with van der Waals surface area (Å²) in [6.45, 7) is 1.19. The first-order valence-corrected chi connectivity index (χ1v) is 5.64. The highest BCUT2D eigenvalue weighted by Crippen LogP contribution is 1.98. The van der Waals surface area contributed by atoms with Crippen LogP contribution in [0.4, 0.5) is 4.79 Å². The minimum absolute atomic E-state index is 0.159. The molecule has 0 fully saturated rings. The van der Waals surface area contributed by atoms with Crippen LogP contribution < -0.4 is 5.32 Å². The molecule has 92 valence electrons. The number of hydrogen-bond donors (Lipinski definition) is 1. The topological polar surface area (TPSA) is 76.3 Å². The molecule has 0 saturated carbocycles. The second-order valence-electron chi connectivity index (χ2n) is 3.59. The van der Waals surface area contributed by atoms with Crippen molar-refractivity contribution in [1.29, 1.82) is 0 Å². The number of carbonyl (C=O) groups is 1. The third-order valence-electron chi connectivity index (χ3n) is 2.28. The average Bonchev–Trinajstić information content (AvgIpc) is 2.86. The van der Waals surface area contributed by atoms with E-state index in [1.54, 1.807) is 12.4 Å². The van der Waals surface area contributed by atoms with Crippen molar-refractivity contribution in [1.82, 2.24) is 14.9 Å². The van der Waals surface area contributed by atoms with Crippen LogP contribution in [0.3, 0.4) is 0 Å². The van der Waals surface area contributed by atoms with Gasteiger partial charge in [0.25, 0.3) is 0 Å². The molecule has 17 heavy (non-hydrogen) atoms. The fourth-order valence-electron chi connectivity index (χ4n) is 1.38. The summed E-state index contributed by atoms with van der Waals surface area (Å²) in [4.78, 5) is 28.5. The Morgan fingerprint density at radius 3 is 2.88 bits per heavy atom. The van der Waals surface area contributed by atoms with E-state index >= 15 is 0 Å². The van der Waals surface area contributed by atoms with Gasteiger partial charge in [-0.15, -0.1) is 0 Å². The molecular formula is C11H16N4O2. The summed E-state index contributed by atoms with van der Waals surface area (Å²) in [6, 6.07) is -0.159. The van der Waals surface area contributed by atoms with E-state index in [-0.39, 0.29) is 6.03 Å². The van der Waals surface area contributed by atoms with Crippen molar-refractivity contribution in [3.8, 4) is 0 Å². The molecule has 1 heterocycles. The maximum Gasteiger partial charge on any atom is 0.326 e. The number of imidazole rings is 1. The van der Waals surface area contributed by atoms with Crippen molar-refractivity contribution in [3.63, 3.8) is 0 Å². The number of isocyanates is 1. The average molecular weight is 236 g/mol. The summed E-state index contributed by atoms with van der Waals surface area (Å²) < 4.78 is 1.40. The number of unbranched alkanes of at least 4 members (excludes halogenated alkanes) is 3. The van der Waals surface area contributed by atoms with Crippen LogP contribution in [0.1, 0.15) is 25.7 Å². The first-order chi connectivity index (χ1) is 8.34. The zero-order valence-corrected chi connectivity index (χ0v) is 9.63. The van der Waals surface area contributed by atoms with Gasteiger partial charge in [0.2, 0.25) is 6.08 Å². The summed E-state index contributed by atoms with van der Waals surface area (Å²) in [5.74, 6) is 0. The van der Waals surface area contributed by atoms with Crippen LogP contribution in [0.2, 0.25) is 0 Å². The van der Waals surface area contributed by atoms with E-state index in [9.17, 15) is 9.59 Å². The molecule has 0 atom stereocenters. The van der Waals surface area contributed by atoms with Gasteiger partial charge in [-0.1, -0.05) is 12.8 Å². The minimum atomic E-state index is -0.159. The molecule has 6 nitrogen and oxygen atoms in total. The van der Waals surface area contributed by atoms with Gasteiger partial charge in [-0.3, -0.25) is 4.57 Å². The molecule has 0 spiro atoms. The van der Waals surface area contributed by atoms with Gasteiger partial charge in [0, 0.05) is 18.9 Å². The van der Waals surface area contributed by atoms with Gasteiger partial charge in [0.1, 0.15) is 6.33 Å². The second-order valence-corrected chi connectivity index (χ2v) is 3.59. The Morgan fingerprint density at radius 2 is 2.18 bits per heavy atom. The number of nitrogens with zero attached hydrogens (tertiary/aromatic N) is 3. The molecule has 1 aromatic rings. The van der Waals surface area contributed by atoms with Crippen LogP contribution >= 0.6 is 0 Å². The van der Waals surface area contributed by atoms with Crippen LogP contribution in [0.5, 0.6) is 0 Å². The Balaban J connectivity index is 1.97. The molecule has 0 aliphatic heterocycles. The van der Waals surface area contributed by atoms with Crippen LogP contribution in [0.15, 0.2) is 23.7 Å². The highest BCUT2D eigenvalue weighted by Gasteiger charge is 2.00. The van der Waals surface area contributed by atoms with Gasteiger partial charge in [0.05, 0.1) is 6.54 Å². The third kappa shape index (κ3) is 5.63. The molecular weight excluding hydrogens is 220 g/mol. The Kier molecular flexibility index (Phi) is 6.36. The van der Waals surface area contributed by atoms with Gasteiger partial charge in [-0.25, -0.2) is 19.6 Å². The van der Waals surface area contributed by atoms with Gasteiger partial charge in [0.15, 0.2) is 0 Å². The number of rotatable bonds is 7. The molecule has 0 saturated heterocycles. The van der Waals surface area contributed by atoms with Crippen molar-refractivity contribution >= 4 is 12.1 Å². The molecule has 1 amide bonds. The van der Waals surface area contributed by atoms with Gasteiger partial charge in [-0.05, 0) is 12.8 Å². The quantitative estimate of drug-likeness (QED) is 0.441. The van der Waals surface area contributed by atoms with E-state index in [0.29, 0.717) is 13.1 Å². The lowest BCUT2D eigenvalue weighted by Crippen LogP contribution is -2.28. The lowest BCUT2D eigenvalue weighted by molar-refractivity contribution is 0.242. The molecule has 0 bridgehead atoms. The standard InChI is InChI=1S/C11H16N4O2/c16-10-13-5-3-1-2-4-6-14-11(17)15-8-7-12-9-15/h7-9H,1-6H2,(H,14,17). The molecule has 1 aromatic heterocycles. The van der Waals surface area contributed by atoms with Crippen LogP contribution in [0.25, 0.3) is 0 Å². The van der Waals surface area contributed by atoms with E-state index in [2.05, 4.69) is 15.3 Å². The number of aromatic nitrogens is 2. The van der Waals surface area contributed by atoms with E-state index in [4.69, 9.17) is 0 Å². The van der Waals surface area contributed by atoms with E-state index in [0.717, 1.165) is 25.7 Å². The van der Waals surface area contributed by atoms with E-state index in [1.165, 1.54) is 17.0 Å². The molecule has 0 unspecified atom stereocenters. The third-order valence-corrected chi connectivity index (χ3v) is 2.28. The Bertz CT molecular complexity index is 369.